The van der Waals surface area contributed by atoms with Gasteiger partial charge in [-0.25, -0.2) is 28.8 Å². The molecule has 4 rings (SSSR count). The predicted molar refractivity (Wildman–Crippen MR) is 105 cm³/mol. The monoisotopic (exact) mass is 496 g/mol. The van der Waals surface area contributed by atoms with Crippen LogP contribution in [0.5, 0.6) is 0 Å². The first-order chi connectivity index (χ1) is 15.1. The van der Waals surface area contributed by atoms with Crippen molar-refractivity contribution in [2.45, 2.75) is 24.5 Å². The molecule has 0 radical (unpaired) electrons. The van der Waals surface area contributed by atoms with Gasteiger partial charge in [-0.2, -0.15) is 4.31 Å². The van der Waals surface area contributed by atoms with Crippen molar-refractivity contribution in [1.82, 2.24) is 24.2 Å². The van der Waals surface area contributed by atoms with E-state index >= 15 is 0 Å². The number of imidazole rings is 1. The zero-order valence-electron chi connectivity index (χ0n) is 16.4. The van der Waals surface area contributed by atoms with Crippen LogP contribution in [0.15, 0.2) is 12.7 Å². The third-order valence-electron chi connectivity index (χ3n) is 4.95. The van der Waals surface area contributed by atoms with Gasteiger partial charge in [-0.05, 0) is 0 Å². The van der Waals surface area contributed by atoms with Crippen LogP contribution in [-0.4, -0.2) is 95.4 Å². The van der Waals surface area contributed by atoms with Gasteiger partial charge in [0.2, 0.25) is 0 Å². The summed E-state index contributed by atoms with van der Waals surface area (Å²) in [5.74, 6) is 0.105. The van der Waals surface area contributed by atoms with Crippen molar-refractivity contribution in [2.75, 3.05) is 38.6 Å². The van der Waals surface area contributed by atoms with Crippen molar-refractivity contribution >= 4 is 32.6 Å². The van der Waals surface area contributed by atoms with Crippen LogP contribution in [0.2, 0.25) is 0 Å². The average Bonchev–Trinajstić information content (AvgIpc) is 3.29. The van der Waals surface area contributed by atoms with Crippen LogP contribution < -0.4 is 5.73 Å². The molecule has 2 aliphatic rings. The second-order valence-electron chi connectivity index (χ2n) is 7.03. The van der Waals surface area contributed by atoms with Gasteiger partial charge in [0.1, 0.15) is 30.2 Å². The molecule has 0 amide bonds. The van der Waals surface area contributed by atoms with E-state index in [0.717, 1.165) is 4.67 Å². The van der Waals surface area contributed by atoms with Gasteiger partial charge in [-0.3, -0.25) is 9.09 Å². The van der Waals surface area contributed by atoms with E-state index < -0.39 is 46.7 Å². The Hall–Kier alpha value is -1.55. The Morgan fingerprint density at radius 1 is 1.16 bits per heavy atom. The van der Waals surface area contributed by atoms with Crippen molar-refractivity contribution < 1.29 is 47.4 Å². The number of nitrogens with zero attached hydrogens (tertiary/aromatic N) is 5. The highest BCUT2D eigenvalue weighted by molar-refractivity contribution is 7.62. The SMILES string of the molecule is Nc1ncnc2c1ncn2[C@@H]1O[C@H](COP(=O)(O)OP(=O)(O)N2CCOCC2)C(O)[C@@H]1O. The van der Waals surface area contributed by atoms with E-state index in [0.29, 0.717) is 0 Å². The minimum absolute atomic E-state index is 0.0268. The smallest absolute Gasteiger partial charge is 0.387 e. The molecular formula is C14H22N6O10P2. The molecule has 16 nitrogen and oxygen atoms in total. The zero-order chi connectivity index (χ0) is 23.1. The molecule has 0 aromatic carbocycles. The number of nitrogen functional groups attached to an aromatic ring is 1. The van der Waals surface area contributed by atoms with E-state index in [1.165, 1.54) is 17.2 Å². The van der Waals surface area contributed by atoms with Crippen LogP contribution >= 0.6 is 15.6 Å². The van der Waals surface area contributed by atoms with Crippen LogP contribution in [0, 0.1) is 0 Å². The second-order valence-corrected chi connectivity index (χ2v) is 10.4. The molecule has 0 bridgehead atoms. The first-order valence-corrected chi connectivity index (χ1v) is 12.4. The summed E-state index contributed by atoms with van der Waals surface area (Å²) in [5, 5.41) is 20.7. The van der Waals surface area contributed by atoms with Crippen LogP contribution in [0.25, 0.3) is 11.2 Å². The Kier molecular flexibility index (Phi) is 6.64. The van der Waals surface area contributed by atoms with E-state index in [2.05, 4.69) is 19.3 Å². The van der Waals surface area contributed by atoms with Crippen molar-refractivity contribution in [3.8, 4) is 0 Å². The highest BCUT2D eigenvalue weighted by atomic mass is 31.3. The number of morpholine rings is 1. The topological polar surface area (TPSA) is 225 Å². The van der Waals surface area contributed by atoms with Crippen LogP contribution in [0.3, 0.4) is 0 Å². The molecule has 0 aliphatic carbocycles. The first-order valence-electron chi connectivity index (χ1n) is 9.38. The minimum Gasteiger partial charge on any atom is -0.387 e. The largest absolute Gasteiger partial charge is 0.480 e. The van der Waals surface area contributed by atoms with E-state index in [-0.39, 0.29) is 43.3 Å². The normalized spacial score (nSPS) is 30.9. The molecule has 2 aromatic rings. The maximum Gasteiger partial charge on any atom is 0.480 e. The number of aliphatic hydroxyl groups excluding tert-OH is 2. The number of hydrogen-bond acceptors (Lipinski definition) is 12. The Bertz CT molecular complexity index is 1060. The van der Waals surface area contributed by atoms with Gasteiger partial charge in [-0.1, -0.05) is 0 Å². The summed E-state index contributed by atoms with van der Waals surface area (Å²) < 4.78 is 46.7. The van der Waals surface area contributed by atoms with E-state index in [1.54, 1.807) is 0 Å². The quantitative estimate of drug-likeness (QED) is 0.278. The van der Waals surface area contributed by atoms with E-state index in [1.807, 2.05) is 0 Å². The van der Waals surface area contributed by atoms with Crippen molar-refractivity contribution in [1.29, 1.82) is 0 Å². The molecule has 18 heteroatoms. The number of phosphoric ester groups is 1. The van der Waals surface area contributed by atoms with E-state index in [9.17, 15) is 29.1 Å². The molecule has 2 aromatic heterocycles. The van der Waals surface area contributed by atoms with Crippen LogP contribution in [-0.2, 0) is 27.4 Å². The molecule has 6 N–H and O–H groups in total. The minimum atomic E-state index is -5.03. The summed E-state index contributed by atoms with van der Waals surface area (Å²) in [6, 6.07) is 0. The van der Waals surface area contributed by atoms with Gasteiger partial charge in [0.15, 0.2) is 17.7 Å². The Morgan fingerprint density at radius 2 is 1.88 bits per heavy atom. The van der Waals surface area contributed by atoms with E-state index in [4.69, 9.17) is 19.7 Å². The van der Waals surface area contributed by atoms with Gasteiger partial charge >= 0.3 is 15.6 Å². The van der Waals surface area contributed by atoms with Crippen LogP contribution in [0.4, 0.5) is 5.82 Å². The maximum absolute atomic E-state index is 12.3. The highest BCUT2D eigenvalue weighted by Crippen LogP contribution is 2.61. The Morgan fingerprint density at radius 3 is 2.59 bits per heavy atom. The summed E-state index contributed by atoms with van der Waals surface area (Å²) >= 11 is 0. The van der Waals surface area contributed by atoms with Gasteiger partial charge in [-0.15, -0.1) is 0 Å². The summed E-state index contributed by atoms with van der Waals surface area (Å²) in [4.78, 5) is 31.8. The van der Waals surface area contributed by atoms with Gasteiger partial charge in [0.25, 0.3) is 0 Å². The number of hydrogen-bond donors (Lipinski definition) is 5. The molecule has 178 valence electrons. The molecule has 32 heavy (non-hydrogen) atoms. The van der Waals surface area contributed by atoms with Gasteiger partial charge in [0, 0.05) is 13.1 Å². The number of fused-ring (bicyclic) bond motifs is 1. The Labute approximate surface area is 180 Å². The molecule has 2 fully saturated rings. The fourth-order valence-electron chi connectivity index (χ4n) is 3.34. The molecule has 2 saturated heterocycles. The van der Waals surface area contributed by atoms with Gasteiger partial charge < -0.3 is 35.2 Å². The number of rotatable bonds is 7. The third kappa shape index (κ3) is 4.71. The maximum atomic E-state index is 12.3. The fourth-order valence-corrected chi connectivity index (χ4v) is 6.02. The number of phosphoric acid groups is 1. The molecule has 0 saturated carbocycles. The summed E-state index contributed by atoms with van der Waals surface area (Å²) in [7, 11) is -9.67. The summed E-state index contributed by atoms with van der Waals surface area (Å²) in [6.45, 7) is -0.357. The number of ether oxygens (including phenoxy) is 2. The van der Waals surface area contributed by atoms with Crippen molar-refractivity contribution in [3.63, 3.8) is 0 Å². The lowest BCUT2D eigenvalue weighted by atomic mass is 10.1. The Balaban J connectivity index is 1.41. The van der Waals surface area contributed by atoms with Gasteiger partial charge in [0.05, 0.1) is 26.1 Å². The predicted octanol–water partition coefficient (Wildman–Crippen LogP) is -1.41. The van der Waals surface area contributed by atoms with Crippen molar-refractivity contribution in [3.05, 3.63) is 12.7 Å². The average molecular weight is 496 g/mol. The fraction of sp³-hybridized carbons (Fsp3) is 0.643. The number of nitrogens with two attached hydrogens (primary N) is 1. The van der Waals surface area contributed by atoms with Crippen LogP contribution in [0.1, 0.15) is 6.23 Å². The lowest BCUT2D eigenvalue weighted by Crippen LogP contribution is -2.34. The first kappa shape index (κ1) is 23.6. The lowest BCUT2D eigenvalue weighted by molar-refractivity contribution is -0.0503. The highest BCUT2D eigenvalue weighted by Gasteiger charge is 2.46. The summed E-state index contributed by atoms with van der Waals surface area (Å²) in [6.07, 6.45) is -2.99. The summed E-state index contributed by atoms with van der Waals surface area (Å²) in [5.41, 5.74) is 6.22. The molecule has 2 aliphatic heterocycles. The number of anilines is 1. The number of aromatic nitrogens is 4. The third-order valence-corrected chi connectivity index (χ3v) is 8.22. The van der Waals surface area contributed by atoms with Crippen molar-refractivity contribution in [2.24, 2.45) is 0 Å². The molecule has 0 spiro atoms. The molecular weight excluding hydrogens is 474 g/mol. The molecule has 6 atom stereocenters. The second kappa shape index (κ2) is 9.00. The molecule has 4 heterocycles. The number of aliphatic hydroxyl groups is 2. The lowest BCUT2D eigenvalue weighted by Gasteiger charge is -2.30. The molecule has 3 unspecified atom stereocenters. The standard InChI is InChI=1S/C14H22N6O10P2/c15-12-9-13(17-6-16-12)20(7-18-9)14-11(22)10(21)8(29-14)5-28-32(25,26)30-31(23,24)19-1-3-27-4-2-19/h6-8,10-11,14,21-22H,1-5H2,(H,23,24)(H,25,26)(H2,15,16,17)/t8-,10?,11+,14-/m1/s1. The zero-order valence-corrected chi connectivity index (χ0v) is 18.2.